The lowest BCUT2D eigenvalue weighted by Gasteiger charge is -2.12. The lowest BCUT2D eigenvalue weighted by molar-refractivity contribution is 0.0209. The normalized spacial score (nSPS) is 13.3. The van der Waals surface area contributed by atoms with Crippen LogP contribution in [0.3, 0.4) is 0 Å². The van der Waals surface area contributed by atoms with E-state index in [1.165, 1.54) is 32.1 Å². The highest BCUT2D eigenvalue weighted by Gasteiger charge is 2.04. The van der Waals surface area contributed by atoms with Gasteiger partial charge in [0.15, 0.2) is 0 Å². The Morgan fingerprint density at radius 3 is 2.19 bits per heavy atom. The summed E-state index contributed by atoms with van der Waals surface area (Å²) in [5.41, 5.74) is 0. The van der Waals surface area contributed by atoms with Crippen LogP contribution in [0.25, 0.3) is 0 Å². The molecule has 1 N–H and O–H groups in total. The van der Waals surface area contributed by atoms with Gasteiger partial charge in [0.1, 0.15) is 0 Å². The fourth-order valence-corrected chi connectivity index (χ4v) is 1.68. The molecular weight excluding hydrogens is 200 g/mol. The lowest BCUT2D eigenvalue weighted by atomic mass is 10.1. The zero-order valence-electron chi connectivity index (χ0n) is 11.4. The van der Waals surface area contributed by atoms with Gasteiger partial charge in [-0.2, -0.15) is 0 Å². The van der Waals surface area contributed by atoms with Crippen molar-refractivity contribution in [1.29, 1.82) is 0 Å². The lowest BCUT2D eigenvalue weighted by Crippen LogP contribution is -2.17. The van der Waals surface area contributed by atoms with Crippen molar-refractivity contribution in [3.8, 4) is 0 Å². The highest BCUT2D eigenvalue weighted by atomic mass is 16.5. The van der Waals surface area contributed by atoms with Crippen molar-refractivity contribution in [1.82, 2.24) is 0 Å². The Balaban J connectivity index is 3.14. The van der Waals surface area contributed by atoms with E-state index in [2.05, 4.69) is 20.8 Å². The monoisotopic (exact) mass is 230 g/mol. The molecule has 0 aromatic carbocycles. The molecule has 0 aliphatic carbocycles. The maximum Gasteiger partial charge on any atom is 0.0773 e. The summed E-state index contributed by atoms with van der Waals surface area (Å²) < 4.78 is 5.40. The van der Waals surface area contributed by atoms with Crippen LogP contribution in [0.1, 0.15) is 65.7 Å². The number of rotatable bonds is 11. The maximum absolute atomic E-state index is 9.64. The van der Waals surface area contributed by atoms with Gasteiger partial charge >= 0.3 is 0 Å². The molecule has 0 saturated carbocycles. The predicted octanol–water partition coefficient (Wildman–Crippen LogP) is 3.77. The fourth-order valence-electron chi connectivity index (χ4n) is 1.68. The average molecular weight is 230 g/mol. The number of aliphatic hydroxyl groups excluding tert-OH is 1. The highest BCUT2D eigenvalue weighted by Crippen LogP contribution is 2.09. The van der Waals surface area contributed by atoms with Crippen LogP contribution in [-0.2, 0) is 4.74 Å². The van der Waals surface area contributed by atoms with E-state index in [4.69, 9.17) is 4.74 Å². The van der Waals surface area contributed by atoms with E-state index >= 15 is 0 Å². The van der Waals surface area contributed by atoms with Crippen molar-refractivity contribution in [3.05, 3.63) is 0 Å². The molecule has 2 heteroatoms. The summed E-state index contributed by atoms with van der Waals surface area (Å²) in [6.07, 6.45) is 8.32. The molecule has 98 valence electrons. The minimum absolute atomic E-state index is 0.259. The minimum Gasteiger partial charge on any atom is -0.391 e. The SMILES string of the molecule is CCCCCCCCC(O)COCC(C)C. The van der Waals surface area contributed by atoms with Gasteiger partial charge < -0.3 is 9.84 Å². The summed E-state index contributed by atoms with van der Waals surface area (Å²) in [5.74, 6) is 0.557. The standard InChI is InChI=1S/C14H30O2/c1-4-5-6-7-8-9-10-14(15)12-16-11-13(2)3/h13-15H,4-12H2,1-3H3. The van der Waals surface area contributed by atoms with Gasteiger partial charge in [-0.3, -0.25) is 0 Å². The van der Waals surface area contributed by atoms with E-state index in [0.29, 0.717) is 12.5 Å². The molecule has 0 radical (unpaired) electrons. The maximum atomic E-state index is 9.64. The summed E-state index contributed by atoms with van der Waals surface area (Å²) in [5, 5.41) is 9.64. The van der Waals surface area contributed by atoms with Crippen LogP contribution in [0.5, 0.6) is 0 Å². The average Bonchev–Trinajstić information content (AvgIpc) is 2.22. The molecule has 0 rings (SSSR count). The van der Waals surface area contributed by atoms with Crippen molar-refractivity contribution < 1.29 is 9.84 Å². The third kappa shape index (κ3) is 12.0. The number of hydrogen-bond donors (Lipinski definition) is 1. The predicted molar refractivity (Wildman–Crippen MR) is 69.7 cm³/mol. The van der Waals surface area contributed by atoms with Crippen LogP contribution in [-0.4, -0.2) is 24.4 Å². The zero-order valence-corrected chi connectivity index (χ0v) is 11.4. The van der Waals surface area contributed by atoms with E-state index in [-0.39, 0.29) is 6.10 Å². The molecule has 0 heterocycles. The van der Waals surface area contributed by atoms with E-state index in [1.807, 2.05) is 0 Å². The van der Waals surface area contributed by atoms with Gasteiger partial charge in [-0.15, -0.1) is 0 Å². The second-order valence-electron chi connectivity index (χ2n) is 5.14. The molecule has 0 bridgehead atoms. The van der Waals surface area contributed by atoms with Crippen molar-refractivity contribution in [2.24, 2.45) is 5.92 Å². The molecule has 0 aromatic heterocycles. The molecule has 0 aliphatic heterocycles. The second-order valence-corrected chi connectivity index (χ2v) is 5.14. The Morgan fingerprint density at radius 2 is 1.56 bits per heavy atom. The first-order chi connectivity index (χ1) is 7.66. The molecule has 0 amide bonds. The Hall–Kier alpha value is -0.0800. The Morgan fingerprint density at radius 1 is 0.938 bits per heavy atom. The van der Waals surface area contributed by atoms with Crippen molar-refractivity contribution in [2.45, 2.75) is 71.8 Å². The van der Waals surface area contributed by atoms with Gasteiger partial charge in [0.2, 0.25) is 0 Å². The summed E-state index contributed by atoms with van der Waals surface area (Å²) in [7, 11) is 0. The van der Waals surface area contributed by atoms with Crippen LogP contribution in [0.2, 0.25) is 0 Å². The molecule has 0 fully saturated rings. The number of ether oxygens (including phenoxy) is 1. The first-order valence-corrected chi connectivity index (χ1v) is 6.92. The molecule has 1 atom stereocenters. The third-order valence-corrected chi connectivity index (χ3v) is 2.65. The van der Waals surface area contributed by atoms with E-state index in [0.717, 1.165) is 19.4 Å². The first kappa shape index (κ1) is 15.9. The second kappa shape index (κ2) is 11.4. The molecule has 0 saturated heterocycles. The van der Waals surface area contributed by atoms with E-state index in [9.17, 15) is 5.11 Å². The third-order valence-electron chi connectivity index (χ3n) is 2.65. The summed E-state index contributed by atoms with van der Waals surface area (Å²) >= 11 is 0. The highest BCUT2D eigenvalue weighted by molar-refractivity contribution is 4.55. The minimum atomic E-state index is -0.259. The van der Waals surface area contributed by atoms with Crippen molar-refractivity contribution >= 4 is 0 Å². The van der Waals surface area contributed by atoms with Gasteiger partial charge in [0.05, 0.1) is 12.7 Å². The Bertz CT molecular complexity index is 135. The van der Waals surface area contributed by atoms with Gasteiger partial charge in [-0.25, -0.2) is 0 Å². The molecule has 16 heavy (non-hydrogen) atoms. The first-order valence-electron chi connectivity index (χ1n) is 6.92. The van der Waals surface area contributed by atoms with Crippen molar-refractivity contribution in [3.63, 3.8) is 0 Å². The van der Waals surface area contributed by atoms with Gasteiger partial charge in [0, 0.05) is 6.61 Å². The molecule has 0 aliphatic rings. The molecule has 2 nitrogen and oxygen atoms in total. The Labute approximate surface area is 101 Å². The molecular formula is C14H30O2. The molecule has 0 spiro atoms. The van der Waals surface area contributed by atoms with Crippen LogP contribution in [0.4, 0.5) is 0 Å². The van der Waals surface area contributed by atoms with Crippen LogP contribution >= 0.6 is 0 Å². The smallest absolute Gasteiger partial charge is 0.0773 e. The number of unbranched alkanes of at least 4 members (excludes halogenated alkanes) is 5. The van der Waals surface area contributed by atoms with Gasteiger partial charge in [0.25, 0.3) is 0 Å². The largest absolute Gasteiger partial charge is 0.391 e. The summed E-state index contributed by atoms with van der Waals surface area (Å²) in [6, 6.07) is 0. The van der Waals surface area contributed by atoms with Gasteiger partial charge in [-0.1, -0.05) is 59.3 Å². The summed E-state index contributed by atoms with van der Waals surface area (Å²) in [6.45, 7) is 7.75. The van der Waals surface area contributed by atoms with E-state index < -0.39 is 0 Å². The quantitative estimate of drug-likeness (QED) is 0.547. The summed E-state index contributed by atoms with van der Waals surface area (Å²) in [4.78, 5) is 0. The molecule has 0 aromatic rings. The van der Waals surface area contributed by atoms with Gasteiger partial charge in [-0.05, 0) is 12.3 Å². The van der Waals surface area contributed by atoms with Crippen molar-refractivity contribution in [2.75, 3.05) is 13.2 Å². The van der Waals surface area contributed by atoms with E-state index in [1.54, 1.807) is 0 Å². The topological polar surface area (TPSA) is 29.5 Å². The van der Waals surface area contributed by atoms with Crippen LogP contribution < -0.4 is 0 Å². The molecule has 1 unspecified atom stereocenters. The Kier molecular flexibility index (Phi) is 11.3. The van der Waals surface area contributed by atoms with Crippen LogP contribution in [0, 0.1) is 5.92 Å². The number of hydrogen-bond acceptors (Lipinski definition) is 2. The van der Waals surface area contributed by atoms with Crippen LogP contribution in [0.15, 0.2) is 0 Å². The number of aliphatic hydroxyl groups is 1. The zero-order chi connectivity index (χ0) is 12.2. The fraction of sp³-hybridized carbons (Fsp3) is 1.00.